The second-order valence-corrected chi connectivity index (χ2v) is 6.65. The predicted octanol–water partition coefficient (Wildman–Crippen LogP) is 4.09. The van der Waals surface area contributed by atoms with Gasteiger partial charge in [-0.3, -0.25) is 4.79 Å². The van der Waals surface area contributed by atoms with Gasteiger partial charge in [-0.05, 0) is 54.8 Å². The number of likely N-dealkylation sites (tertiary alicyclic amines) is 1. The first-order chi connectivity index (χ1) is 13.2. The number of methoxy groups -OCH3 is 1. The number of hydrogen-bond donors (Lipinski definition) is 0. The predicted molar refractivity (Wildman–Crippen MR) is 103 cm³/mol. The monoisotopic (exact) mass is 364 g/mol. The molecular weight excluding hydrogens is 340 g/mol. The van der Waals surface area contributed by atoms with Crippen LogP contribution in [0.4, 0.5) is 0 Å². The Kier molecular flexibility index (Phi) is 6.32. The van der Waals surface area contributed by atoms with Crippen LogP contribution in [-0.2, 0) is 4.79 Å². The van der Waals surface area contributed by atoms with Gasteiger partial charge in [-0.15, -0.1) is 0 Å². The van der Waals surface area contributed by atoms with Crippen LogP contribution in [0.2, 0.25) is 0 Å². The molecule has 1 fully saturated rings. The summed E-state index contributed by atoms with van der Waals surface area (Å²) < 4.78 is 10.9. The summed E-state index contributed by atoms with van der Waals surface area (Å²) in [5.74, 6) is 1.40. The summed E-state index contributed by atoms with van der Waals surface area (Å²) in [5, 5.41) is 8.85. The van der Waals surface area contributed by atoms with Crippen molar-refractivity contribution < 1.29 is 14.3 Å². The number of rotatable bonds is 5. The van der Waals surface area contributed by atoms with Gasteiger partial charge in [0.25, 0.3) is 5.91 Å². The lowest BCUT2D eigenvalue weighted by Gasteiger charge is -2.30. The summed E-state index contributed by atoms with van der Waals surface area (Å²) in [6.45, 7) is 0.741. The van der Waals surface area contributed by atoms with Crippen LogP contribution < -0.4 is 9.47 Å². The fourth-order valence-electron chi connectivity index (χ4n) is 3.43. The Bertz CT molecular complexity index is 794. The largest absolute Gasteiger partial charge is 0.497 e. The highest BCUT2D eigenvalue weighted by Gasteiger charge is 2.27. The zero-order valence-corrected chi connectivity index (χ0v) is 15.6. The standard InChI is InChI=1S/C22H24N2O3/c1-26-19-12-8-18(9-13-19)21-5-3-2-4-14-24(21)22(25)16-27-20-10-6-17(15-23)7-11-20/h6-13,21H,2-5,14,16H2,1H3/t21-/m1/s1. The molecule has 1 atom stereocenters. The van der Waals surface area contributed by atoms with Crippen molar-refractivity contribution in [3.63, 3.8) is 0 Å². The van der Waals surface area contributed by atoms with Crippen LogP contribution in [0.25, 0.3) is 0 Å². The Morgan fingerprint density at radius 1 is 1.07 bits per heavy atom. The van der Waals surface area contributed by atoms with Gasteiger partial charge in [0.2, 0.25) is 0 Å². The summed E-state index contributed by atoms with van der Waals surface area (Å²) in [7, 11) is 1.65. The molecule has 0 saturated carbocycles. The molecule has 140 valence electrons. The lowest BCUT2D eigenvalue weighted by Crippen LogP contribution is -2.38. The fourth-order valence-corrected chi connectivity index (χ4v) is 3.43. The van der Waals surface area contributed by atoms with E-state index in [1.165, 1.54) is 0 Å². The van der Waals surface area contributed by atoms with E-state index in [1.54, 1.807) is 31.4 Å². The van der Waals surface area contributed by atoms with Gasteiger partial charge in [0, 0.05) is 6.54 Å². The topological polar surface area (TPSA) is 62.6 Å². The highest BCUT2D eigenvalue weighted by molar-refractivity contribution is 5.78. The van der Waals surface area contributed by atoms with Gasteiger partial charge in [-0.1, -0.05) is 25.0 Å². The van der Waals surface area contributed by atoms with E-state index in [4.69, 9.17) is 14.7 Å². The van der Waals surface area contributed by atoms with Gasteiger partial charge >= 0.3 is 0 Å². The highest BCUT2D eigenvalue weighted by Crippen LogP contribution is 2.31. The molecule has 2 aromatic carbocycles. The molecule has 3 rings (SSSR count). The molecule has 1 aliphatic heterocycles. The van der Waals surface area contributed by atoms with Crippen LogP contribution in [0.15, 0.2) is 48.5 Å². The summed E-state index contributed by atoms with van der Waals surface area (Å²) in [6, 6.07) is 16.9. The Balaban J connectivity index is 1.69. The zero-order valence-electron chi connectivity index (χ0n) is 15.6. The van der Waals surface area contributed by atoms with E-state index < -0.39 is 0 Å². The van der Waals surface area contributed by atoms with E-state index in [1.807, 2.05) is 29.2 Å². The van der Waals surface area contributed by atoms with Gasteiger partial charge in [-0.25, -0.2) is 0 Å². The molecule has 27 heavy (non-hydrogen) atoms. The highest BCUT2D eigenvalue weighted by atomic mass is 16.5. The molecule has 0 bridgehead atoms. The molecule has 0 N–H and O–H groups in total. The molecule has 0 spiro atoms. The van der Waals surface area contributed by atoms with Crippen molar-refractivity contribution in [2.75, 3.05) is 20.3 Å². The second-order valence-electron chi connectivity index (χ2n) is 6.65. The van der Waals surface area contributed by atoms with Crippen LogP contribution in [0.5, 0.6) is 11.5 Å². The van der Waals surface area contributed by atoms with Crippen LogP contribution in [-0.4, -0.2) is 31.1 Å². The molecule has 1 heterocycles. The number of ether oxygens (including phenoxy) is 2. The third-order valence-corrected chi connectivity index (χ3v) is 4.92. The van der Waals surface area contributed by atoms with Gasteiger partial charge in [-0.2, -0.15) is 5.26 Å². The first kappa shape index (κ1) is 18.8. The molecule has 0 aromatic heterocycles. The maximum Gasteiger partial charge on any atom is 0.261 e. The van der Waals surface area contributed by atoms with Crippen molar-refractivity contribution in [3.8, 4) is 17.6 Å². The number of amides is 1. The molecule has 2 aromatic rings. The minimum absolute atomic E-state index is 0.00143. The normalized spacial score (nSPS) is 16.9. The maximum absolute atomic E-state index is 12.9. The Morgan fingerprint density at radius 3 is 2.44 bits per heavy atom. The number of carbonyl (C=O) groups excluding carboxylic acids is 1. The molecule has 5 heteroatoms. The number of benzene rings is 2. The molecule has 1 amide bonds. The van der Waals surface area contributed by atoms with Crippen molar-refractivity contribution in [2.45, 2.75) is 31.7 Å². The van der Waals surface area contributed by atoms with Crippen molar-refractivity contribution in [1.29, 1.82) is 5.26 Å². The zero-order chi connectivity index (χ0) is 19.1. The Morgan fingerprint density at radius 2 is 1.78 bits per heavy atom. The van der Waals surface area contributed by atoms with Gasteiger partial charge in [0.1, 0.15) is 11.5 Å². The second kappa shape index (κ2) is 9.09. The molecule has 1 aliphatic rings. The lowest BCUT2D eigenvalue weighted by atomic mass is 10.0. The average molecular weight is 364 g/mol. The van der Waals surface area contributed by atoms with Crippen LogP contribution in [0.1, 0.15) is 42.9 Å². The van der Waals surface area contributed by atoms with Gasteiger partial charge < -0.3 is 14.4 Å². The van der Waals surface area contributed by atoms with Crippen molar-refractivity contribution in [3.05, 3.63) is 59.7 Å². The summed E-state index contributed by atoms with van der Waals surface area (Å²) >= 11 is 0. The number of hydrogen-bond acceptors (Lipinski definition) is 4. The molecular formula is C22H24N2O3. The fraction of sp³-hybridized carbons (Fsp3) is 0.364. The Labute approximate surface area is 160 Å². The third kappa shape index (κ3) is 4.79. The summed E-state index contributed by atoms with van der Waals surface area (Å²) in [4.78, 5) is 14.8. The number of nitrogens with zero attached hydrogens (tertiary/aromatic N) is 2. The van der Waals surface area contributed by atoms with Gasteiger partial charge in [0.15, 0.2) is 6.61 Å². The number of nitriles is 1. The number of carbonyl (C=O) groups is 1. The quantitative estimate of drug-likeness (QED) is 0.802. The molecule has 1 saturated heterocycles. The molecule has 0 unspecified atom stereocenters. The van der Waals surface area contributed by atoms with E-state index >= 15 is 0 Å². The van der Waals surface area contributed by atoms with E-state index in [9.17, 15) is 4.79 Å². The summed E-state index contributed by atoms with van der Waals surface area (Å²) in [5.41, 5.74) is 1.70. The van der Waals surface area contributed by atoms with Crippen LogP contribution in [0, 0.1) is 11.3 Å². The van der Waals surface area contributed by atoms with Crippen LogP contribution >= 0.6 is 0 Å². The Hall–Kier alpha value is -3.00. The third-order valence-electron chi connectivity index (χ3n) is 4.92. The summed E-state index contributed by atoms with van der Waals surface area (Å²) in [6.07, 6.45) is 4.20. The smallest absolute Gasteiger partial charge is 0.261 e. The average Bonchev–Trinajstić information content (AvgIpc) is 2.98. The van der Waals surface area contributed by atoms with Gasteiger partial charge in [0.05, 0.1) is 24.8 Å². The molecule has 5 nitrogen and oxygen atoms in total. The molecule has 0 aliphatic carbocycles. The minimum Gasteiger partial charge on any atom is -0.497 e. The first-order valence-corrected chi connectivity index (χ1v) is 9.27. The van der Waals surface area contributed by atoms with Crippen LogP contribution in [0.3, 0.4) is 0 Å². The van der Waals surface area contributed by atoms with E-state index in [2.05, 4.69) is 6.07 Å². The SMILES string of the molecule is COc1ccc([C@H]2CCCCCN2C(=O)COc2ccc(C#N)cc2)cc1. The van der Waals surface area contributed by atoms with Crippen molar-refractivity contribution >= 4 is 5.91 Å². The van der Waals surface area contributed by atoms with Crippen molar-refractivity contribution in [1.82, 2.24) is 4.90 Å². The van der Waals surface area contributed by atoms with E-state index in [-0.39, 0.29) is 18.6 Å². The van der Waals surface area contributed by atoms with E-state index in [0.29, 0.717) is 11.3 Å². The lowest BCUT2D eigenvalue weighted by molar-refractivity contribution is -0.135. The minimum atomic E-state index is -0.0120. The first-order valence-electron chi connectivity index (χ1n) is 9.27. The molecule has 0 radical (unpaired) electrons. The maximum atomic E-state index is 12.9. The van der Waals surface area contributed by atoms with E-state index in [0.717, 1.165) is 43.5 Å². The van der Waals surface area contributed by atoms with Crippen molar-refractivity contribution in [2.24, 2.45) is 0 Å².